The summed E-state index contributed by atoms with van der Waals surface area (Å²) in [7, 11) is -1.86. The summed E-state index contributed by atoms with van der Waals surface area (Å²) in [6.45, 7) is 14.0. The standard InChI is InChI=1S/C54H78N2S6Si/c1-7-11-15-19-23-27-31-41-35-39(5)57-47(41)51-55-53-54(61-51)56-52(62-53)48-42(32-28-24-20-16-12-8-2)37-43(59-48)44-38-46-50(60-44)49-45(36-40(6)58-49)63(46,33-29-25-21-17-13-9-3)34-30-26-22-18-14-10-4/h35-38H,7-34H2,1-6H3. The van der Waals surface area contributed by atoms with Crippen molar-refractivity contribution in [3.05, 3.63) is 45.1 Å². The Morgan fingerprint density at radius 3 is 1.30 bits per heavy atom. The maximum absolute atomic E-state index is 5.43. The van der Waals surface area contributed by atoms with Gasteiger partial charge in [0.1, 0.15) is 18.1 Å². The minimum atomic E-state index is -1.86. The van der Waals surface area contributed by atoms with E-state index in [1.54, 1.807) is 9.75 Å². The second-order valence-electron chi connectivity index (χ2n) is 18.9. The van der Waals surface area contributed by atoms with E-state index in [0.717, 1.165) is 16.1 Å². The van der Waals surface area contributed by atoms with E-state index < -0.39 is 8.07 Å². The fraction of sp³-hybridized carbons (Fsp3) is 0.630. The average Bonchev–Trinajstić information content (AvgIpc) is 4.14. The molecular weight excluding hydrogens is 897 g/mol. The van der Waals surface area contributed by atoms with Gasteiger partial charge >= 0.3 is 0 Å². The molecule has 0 atom stereocenters. The van der Waals surface area contributed by atoms with E-state index in [-0.39, 0.29) is 0 Å². The fourth-order valence-corrected chi connectivity index (χ4v) is 24.1. The highest BCUT2D eigenvalue weighted by Crippen LogP contribution is 2.49. The third-order valence-corrected chi connectivity index (χ3v) is 26.5. The molecular formula is C54H78N2S6Si. The second kappa shape index (κ2) is 25.1. The Kier molecular flexibility index (Phi) is 19.7. The summed E-state index contributed by atoms with van der Waals surface area (Å²) >= 11 is 11.9. The number of aromatic nitrogens is 2. The van der Waals surface area contributed by atoms with Gasteiger partial charge in [0.15, 0.2) is 9.66 Å². The van der Waals surface area contributed by atoms with E-state index in [4.69, 9.17) is 9.97 Å². The smallest absolute Gasteiger partial charge is 0.155 e. The number of fused-ring (bicyclic) bond motifs is 4. The van der Waals surface area contributed by atoms with Crippen LogP contribution in [0.25, 0.3) is 48.9 Å². The maximum Gasteiger partial charge on any atom is 0.155 e. The molecule has 0 amide bonds. The van der Waals surface area contributed by atoms with E-state index in [0.29, 0.717) is 0 Å². The predicted octanol–water partition coefficient (Wildman–Crippen LogP) is 19.7. The van der Waals surface area contributed by atoms with Crippen molar-refractivity contribution in [2.24, 2.45) is 0 Å². The molecule has 7 heterocycles. The molecule has 0 bridgehead atoms. The van der Waals surface area contributed by atoms with Gasteiger partial charge in [-0.1, -0.05) is 192 Å². The lowest BCUT2D eigenvalue weighted by Gasteiger charge is -2.29. The lowest BCUT2D eigenvalue weighted by atomic mass is 10.1. The quantitative estimate of drug-likeness (QED) is 0.0320. The van der Waals surface area contributed by atoms with Crippen LogP contribution in [0.5, 0.6) is 0 Å². The Labute approximate surface area is 407 Å². The van der Waals surface area contributed by atoms with Gasteiger partial charge in [-0.3, -0.25) is 0 Å². The largest absolute Gasteiger partial charge is 0.222 e. The van der Waals surface area contributed by atoms with Gasteiger partial charge in [-0.25, -0.2) is 9.97 Å². The Morgan fingerprint density at radius 2 is 0.762 bits per heavy atom. The van der Waals surface area contributed by atoms with Gasteiger partial charge in [0.05, 0.1) is 9.75 Å². The molecule has 6 aromatic rings. The Balaban J connectivity index is 1.17. The van der Waals surface area contributed by atoms with Gasteiger partial charge in [0.2, 0.25) is 0 Å². The van der Waals surface area contributed by atoms with Crippen LogP contribution in [0.1, 0.15) is 203 Å². The van der Waals surface area contributed by atoms with Crippen molar-refractivity contribution in [1.82, 2.24) is 9.97 Å². The molecule has 0 aliphatic carbocycles. The Morgan fingerprint density at radius 1 is 0.381 bits per heavy atom. The van der Waals surface area contributed by atoms with Gasteiger partial charge in [0, 0.05) is 29.3 Å². The minimum absolute atomic E-state index is 1.12. The van der Waals surface area contributed by atoms with Crippen LogP contribution in [0.2, 0.25) is 12.1 Å². The number of thiophene rings is 4. The number of aryl methyl sites for hydroxylation is 4. The highest BCUT2D eigenvalue weighted by molar-refractivity contribution is 7.34. The molecule has 0 saturated carbocycles. The van der Waals surface area contributed by atoms with Crippen molar-refractivity contribution < 1.29 is 0 Å². The molecule has 344 valence electrons. The van der Waals surface area contributed by atoms with Crippen LogP contribution < -0.4 is 10.4 Å². The van der Waals surface area contributed by atoms with Crippen LogP contribution in [-0.4, -0.2) is 18.0 Å². The Bertz CT molecular complexity index is 2230. The molecule has 7 rings (SSSR count). The van der Waals surface area contributed by atoms with E-state index in [2.05, 4.69) is 88.5 Å². The first-order valence-electron chi connectivity index (χ1n) is 25.6. The molecule has 0 aromatic carbocycles. The topological polar surface area (TPSA) is 25.8 Å². The van der Waals surface area contributed by atoms with Crippen molar-refractivity contribution >= 4 is 96.1 Å². The number of hydrogen-bond donors (Lipinski definition) is 0. The third-order valence-electron chi connectivity index (χ3n) is 13.7. The van der Waals surface area contributed by atoms with E-state index in [9.17, 15) is 0 Å². The summed E-state index contributed by atoms with van der Waals surface area (Å²) in [6, 6.07) is 13.3. The maximum atomic E-state index is 5.43. The first-order valence-corrected chi connectivity index (χ1v) is 33.0. The van der Waals surface area contributed by atoms with Crippen LogP contribution in [0.15, 0.2) is 24.3 Å². The van der Waals surface area contributed by atoms with Crippen molar-refractivity contribution in [3.8, 4) is 39.3 Å². The van der Waals surface area contributed by atoms with Crippen LogP contribution in [0, 0.1) is 13.8 Å². The number of rotatable bonds is 31. The number of thiazole rings is 2. The van der Waals surface area contributed by atoms with Gasteiger partial charge in [-0.2, -0.15) is 0 Å². The number of nitrogens with zero attached hydrogens (tertiary/aromatic N) is 2. The molecule has 0 radical (unpaired) electrons. The average molecular weight is 976 g/mol. The molecule has 0 saturated heterocycles. The van der Waals surface area contributed by atoms with Crippen LogP contribution in [0.4, 0.5) is 0 Å². The molecule has 0 unspecified atom stereocenters. The van der Waals surface area contributed by atoms with Crippen molar-refractivity contribution in [1.29, 1.82) is 0 Å². The van der Waals surface area contributed by atoms with E-state index >= 15 is 0 Å². The van der Waals surface area contributed by atoms with E-state index in [1.807, 2.05) is 55.7 Å². The first-order chi connectivity index (χ1) is 30.9. The van der Waals surface area contributed by atoms with Crippen LogP contribution in [-0.2, 0) is 12.8 Å². The van der Waals surface area contributed by atoms with Crippen molar-refractivity contribution in [3.63, 3.8) is 0 Å². The molecule has 1 aliphatic rings. The number of unbranched alkanes of at least 4 members (excludes halogenated alkanes) is 20. The van der Waals surface area contributed by atoms with Gasteiger partial charge in [-0.15, -0.1) is 45.3 Å². The highest BCUT2D eigenvalue weighted by atomic mass is 32.1. The zero-order valence-electron chi connectivity index (χ0n) is 40.0. The second-order valence-corrected chi connectivity index (χ2v) is 29.7. The Hall–Kier alpha value is -1.46. The van der Waals surface area contributed by atoms with Gasteiger partial charge < -0.3 is 0 Å². The predicted molar refractivity (Wildman–Crippen MR) is 294 cm³/mol. The summed E-state index contributed by atoms with van der Waals surface area (Å²) in [6.07, 6.45) is 35.0. The molecule has 0 N–H and O–H groups in total. The lowest BCUT2D eigenvalue weighted by Crippen LogP contribution is -2.54. The van der Waals surface area contributed by atoms with E-state index in [1.165, 1.54) is 223 Å². The molecule has 63 heavy (non-hydrogen) atoms. The molecule has 1 aliphatic heterocycles. The van der Waals surface area contributed by atoms with Gasteiger partial charge in [0.25, 0.3) is 0 Å². The monoisotopic (exact) mass is 974 g/mol. The highest BCUT2D eigenvalue weighted by Gasteiger charge is 2.47. The normalized spacial score (nSPS) is 13.2. The lowest BCUT2D eigenvalue weighted by molar-refractivity contribution is 0.608. The summed E-state index contributed by atoms with van der Waals surface area (Å²) in [5.74, 6) is 0. The summed E-state index contributed by atoms with van der Waals surface area (Å²) in [5, 5.41) is 6.00. The van der Waals surface area contributed by atoms with Gasteiger partial charge in [-0.05, 0) is 97.4 Å². The summed E-state index contributed by atoms with van der Waals surface area (Å²) in [5.41, 5.74) is 3.02. The SMILES string of the molecule is CCCCCCCCc1cc(C)sc1-c1nc2sc(-c3sc(-c4cc5c(s4)-c4sc(C)cc4[Si]5(CCCCCCCC)CCCCCCCC)cc3CCCCCCCC)nc2s1. The minimum Gasteiger partial charge on any atom is -0.222 e. The third kappa shape index (κ3) is 12.6. The fourth-order valence-electron chi connectivity index (χ4n) is 10.2. The molecule has 2 nitrogen and oxygen atoms in total. The van der Waals surface area contributed by atoms with Crippen LogP contribution >= 0.6 is 68.0 Å². The zero-order valence-corrected chi connectivity index (χ0v) is 45.9. The van der Waals surface area contributed by atoms with Crippen LogP contribution in [0.3, 0.4) is 0 Å². The first kappa shape index (κ1) is 49.4. The summed E-state index contributed by atoms with van der Waals surface area (Å²) < 4.78 is 0. The molecule has 9 heteroatoms. The zero-order chi connectivity index (χ0) is 44.0. The van der Waals surface area contributed by atoms with Crippen molar-refractivity contribution in [2.45, 2.75) is 221 Å². The van der Waals surface area contributed by atoms with Crippen molar-refractivity contribution in [2.75, 3.05) is 0 Å². The molecule has 0 spiro atoms. The molecule has 6 aromatic heterocycles. The number of hydrogen-bond acceptors (Lipinski definition) is 8. The molecule has 0 fully saturated rings. The summed E-state index contributed by atoms with van der Waals surface area (Å²) in [4.78, 5) is 25.0.